The van der Waals surface area contributed by atoms with E-state index in [4.69, 9.17) is 0 Å². The molecule has 0 saturated heterocycles. The molecule has 0 aromatic carbocycles. The van der Waals surface area contributed by atoms with Crippen molar-refractivity contribution in [3.63, 3.8) is 0 Å². The van der Waals surface area contributed by atoms with E-state index in [1.807, 2.05) is 17.5 Å². The van der Waals surface area contributed by atoms with Gasteiger partial charge in [0.05, 0.1) is 16.5 Å². The molecular formula is C8H9N5OS2. The van der Waals surface area contributed by atoms with Crippen molar-refractivity contribution in [1.29, 1.82) is 0 Å². The van der Waals surface area contributed by atoms with Crippen LogP contribution in [0.2, 0.25) is 0 Å². The number of nitrogens with one attached hydrogen (secondary N) is 2. The van der Waals surface area contributed by atoms with Gasteiger partial charge < -0.3 is 5.32 Å². The zero-order chi connectivity index (χ0) is 11.2. The highest BCUT2D eigenvalue weighted by Gasteiger charge is 2.04. The molecule has 2 aromatic rings. The van der Waals surface area contributed by atoms with E-state index in [9.17, 15) is 4.79 Å². The van der Waals surface area contributed by atoms with Crippen molar-refractivity contribution in [2.75, 3.05) is 5.75 Å². The average Bonchev–Trinajstić information content (AvgIpc) is 2.96. The Hall–Kier alpha value is -1.41. The van der Waals surface area contributed by atoms with E-state index in [1.165, 1.54) is 11.8 Å². The summed E-state index contributed by atoms with van der Waals surface area (Å²) in [6.07, 6.45) is 0. The SMILES string of the molecule is O=C(CSc1cccs1)NCc1nn[nH]n1. The molecule has 1 amide bonds. The van der Waals surface area contributed by atoms with Crippen molar-refractivity contribution in [1.82, 2.24) is 25.9 Å². The highest BCUT2D eigenvalue weighted by molar-refractivity contribution is 8.01. The zero-order valence-corrected chi connectivity index (χ0v) is 9.85. The van der Waals surface area contributed by atoms with Gasteiger partial charge in [-0.3, -0.25) is 4.79 Å². The molecule has 2 aromatic heterocycles. The van der Waals surface area contributed by atoms with Crippen LogP contribution >= 0.6 is 23.1 Å². The lowest BCUT2D eigenvalue weighted by Crippen LogP contribution is -2.25. The molecule has 0 aliphatic heterocycles. The van der Waals surface area contributed by atoms with E-state index in [2.05, 4.69) is 25.9 Å². The zero-order valence-electron chi connectivity index (χ0n) is 8.21. The molecule has 0 aliphatic rings. The second-order valence-electron chi connectivity index (χ2n) is 2.83. The highest BCUT2D eigenvalue weighted by Crippen LogP contribution is 2.22. The largest absolute Gasteiger partial charge is 0.348 e. The van der Waals surface area contributed by atoms with E-state index < -0.39 is 0 Å². The van der Waals surface area contributed by atoms with Gasteiger partial charge in [0.15, 0.2) is 5.82 Å². The summed E-state index contributed by atoms with van der Waals surface area (Å²) in [5, 5.41) is 17.9. The second kappa shape index (κ2) is 5.61. The summed E-state index contributed by atoms with van der Waals surface area (Å²) in [6.45, 7) is 0.306. The van der Waals surface area contributed by atoms with Crippen LogP contribution in [0.5, 0.6) is 0 Å². The van der Waals surface area contributed by atoms with Crippen molar-refractivity contribution in [2.24, 2.45) is 0 Å². The first-order valence-corrected chi connectivity index (χ1v) is 6.36. The highest BCUT2D eigenvalue weighted by atomic mass is 32.2. The average molecular weight is 255 g/mol. The molecule has 0 unspecified atom stereocenters. The van der Waals surface area contributed by atoms with Crippen molar-refractivity contribution < 1.29 is 4.79 Å². The van der Waals surface area contributed by atoms with Crippen molar-refractivity contribution in [3.05, 3.63) is 23.3 Å². The molecule has 0 spiro atoms. The van der Waals surface area contributed by atoms with E-state index in [1.54, 1.807) is 11.3 Å². The predicted octanol–water partition coefficient (Wildman–Crippen LogP) is 0.670. The first-order chi connectivity index (χ1) is 7.84. The van der Waals surface area contributed by atoms with Crippen LogP contribution in [0.1, 0.15) is 5.82 Å². The molecule has 84 valence electrons. The standard InChI is InChI=1S/C8H9N5OS2/c14-7(5-16-8-2-1-3-15-8)9-4-6-10-12-13-11-6/h1-3H,4-5H2,(H,9,14)(H,10,11,12,13). The minimum Gasteiger partial charge on any atom is -0.348 e. The van der Waals surface area contributed by atoms with Gasteiger partial charge in [-0.25, -0.2) is 0 Å². The summed E-state index contributed by atoms with van der Waals surface area (Å²) in [6, 6.07) is 3.95. The molecule has 6 nitrogen and oxygen atoms in total. The Balaban J connectivity index is 1.69. The molecular weight excluding hydrogens is 246 g/mol. The Morgan fingerprint density at radius 3 is 3.25 bits per heavy atom. The maximum absolute atomic E-state index is 11.4. The van der Waals surface area contributed by atoms with E-state index in [0.717, 1.165) is 4.21 Å². The summed E-state index contributed by atoms with van der Waals surface area (Å²) in [5.74, 6) is 0.843. The third-order valence-corrected chi connectivity index (χ3v) is 3.80. The Morgan fingerprint density at radius 2 is 2.56 bits per heavy atom. The van der Waals surface area contributed by atoms with Crippen LogP contribution in [0, 0.1) is 0 Å². The normalized spacial score (nSPS) is 10.2. The number of rotatable bonds is 5. The molecule has 2 N–H and O–H groups in total. The predicted molar refractivity (Wildman–Crippen MR) is 61.1 cm³/mol. The van der Waals surface area contributed by atoms with Crippen LogP contribution in [0.25, 0.3) is 0 Å². The van der Waals surface area contributed by atoms with Gasteiger partial charge >= 0.3 is 0 Å². The van der Waals surface area contributed by atoms with Gasteiger partial charge in [0, 0.05) is 0 Å². The molecule has 2 rings (SSSR count). The number of H-pyrrole nitrogens is 1. The van der Waals surface area contributed by atoms with Gasteiger partial charge in [0.2, 0.25) is 5.91 Å². The number of hydrogen-bond donors (Lipinski definition) is 2. The molecule has 8 heteroatoms. The molecule has 0 atom stereocenters. The lowest BCUT2D eigenvalue weighted by molar-refractivity contribution is -0.118. The fourth-order valence-corrected chi connectivity index (χ4v) is 2.58. The maximum atomic E-state index is 11.4. The van der Waals surface area contributed by atoms with Gasteiger partial charge in [-0.2, -0.15) is 5.21 Å². The van der Waals surface area contributed by atoms with Crippen molar-refractivity contribution in [3.8, 4) is 0 Å². The van der Waals surface area contributed by atoms with Crippen LogP contribution in [0.4, 0.5) is 0 Å². The molecule has 2 heterocycles. The second-order valence-corrected chi connectivity index (χ2v) is 5.05. The lowest BCUT2D eigenvalue weighted by Gasteiger charge is -2.00. The molecule has 0 bridgehead atoms. The van der Waals surface area contributed by atoms with Gasteiger partial charge in [-0.1, -0.05) is 11.3 Å². The Morgan fingerprint density at radius 1 is 1.62 bits per heavy atom. The van der Waals surface area contributed by atoms with Crippen LogP contribution in [-0.2, 0) is 11.3 Å². The molecule has 0 saturated carbocycles. The van der Waals surface area contributed by atoms with Crippen LogP contribution < -0.4 is 5.32 Å². The van der Waals surface area contributed by atoms with Gasteiger partial charge in [0.1, 0.15) is 0 Å². The lowest BCUT2D eigenvalue weighted by atomic mass is 10.6. The number of amides is 1. The molecule has 0 aliphatic carbocycles. The third kappa shape index (κ3) is 3.31. The Bertz CT molecular complexity index is 387. The Kier molecular flexibility index (Phi) is 3.89. The first kappa shape index (κ1) is 11.1. The number of thioether (sulfide) groups is 1. The molecule has 0 fully saturated rings. The van der Waals surface area contributed by atoms with Gasteiger partial charge in [-0.05, 0) is 11.4 Å². The number of hydrogen-bond acceptors (Lipinski definition) is 6. The number of nitrogens with zero attached hydrogens (tertiary/aromatic N) is 3. The summed E-state index contributed by atoms with van der Waals surface area (Å²) >= 11 is 3.14. The van der Waals surface area contributed by atoms with Gasteiger partial charge in [0.25, 0.3) is 0 Å². The van der Waals surface area contributed by atoms with E-state index in [0.29, 0.717) is 18.1 Å². The number of tetrazole rings is 1. The summed E-state index contributed by atoms with van der Waals surface area (Å²) in [4.78, 5) is 11.4. The topological polar surface area (TPSA) is 83.6 Å². The van der Waals surface area contributed by atoms with E-state index >= 15 is 0 Å². The smallest absolute Gasteiger partial charge is 0.230 e. The maximum Gasteiger partial charge on any atom is 0.230 e. The summed E-state index contributed by atoms with van der Waals surface area (Å²) in [7, 11) is 0. The van der Waals surface area contributed by atoms with Gasteiger partial charge in [-0.15, -0.1) is 33.3 Å². The van der Waals surface area contributed by atoms with Crippen molar-refractivity contribution >= 4 is 29.0 Å². The number of aromatic amines is 1. The monoisotopic (exact) mass is 255 g/mol. The fourth-order valence-electron chi connectivity index (χ4n) is 0.968. The minimum atomic E-state index is -0.0387. The fraction of sp³-hybridized carbons (Fsp3) is 0.250. The quantitative estimate of drug-likeness (QED) is 0.767. The minimum absolute atomic E-state index is 0.0387. The number of aromatic nitrogens is 4. The van der Waals surface area contributed by atoms with Crippen molar-refractivity contribution in [2.45, 2.75) is 10.8 Å². The third-order valence-electron chi connectivity index (χ3n) is 1.67. The number of carbonyl (C=O) groups excluding carboxylic acids is 1. The molecule has 0 radical (unpaired) electrons. The Labute approximate surface area is 99.8 Å². The first-order valence-electron chi connectivity index (χ1n) is 4.50. The van der Waals surface area contributed by atoms with Crippen LogP contribution in [0.15, 0.2) is 21.7 Å². The molecule has 16 heavy (non-hydrogen) atoms. The number of thiophene rings is 1. The summed E-state index contributed by atoms with van der Waals surface area (Å²) in [5.41, 5.74) is 0. The van der Waals surface area contributed by atoms with Crippen LogP contribution in [0.3, 0.4) is 0 Å². The summed E-state index contributed by atoms with van der Waals surface area (Å²) < 4.78 is 1.13. The van der Waals surface area contributed by atoms with E-state index in [-0.39, 0.29) is 5.91 Å². The number of carbonyl (C=O) groups is 1. The van der Waals surface area contributed by atoms with Crippen LogP contribution in [-0.4, -0.2) is 32.3 Å².